The van der Waals surface area contributed by atoms with E-state index in [2.05, 4.69) is 0 Å². The summed E-state index contributed by atoms with van der Waals surface area (Å²) in [5.74, 6) is 0. The average Bonchev–Trinajstić information content (AvgIpc) is 2.28. The fourth-order valence-electron chi connectivity index (χ4n) is 1.18. The van der Waals surface area contributed by atoms with Crippen LogP contribution in [0.25, 0.3) is 0 Å². The van der Waals surface area contributed by atoms with E-state index in [4.69, 9.17) is 21.8 Å². The van der Waals surface area contributed by atoms with Gasteiger partial charge in [0.15, 0.2) is 0 Å². The molecule has 2 N–H and O–H groups in total. The molecule has 0 radical (unpaired) electrons. The van der Waals surface area contributed by atoms with Crippen molar-refractivity contribution in [3.63, 3.8) is 0 Å². The average molecular weight is 178 g/mol. The molecule has 64 valence electrons. The lowest BCUT2D eigenvalue weighted by Gasteiger charge is -2.10. The molecule has 1 fully saturated rings. The predicted octanol–water partition coefficient (Wildman–Crippen LogP) is -0.224. The molecule has 0 aliphatic carbocycles. The normalized spacial score (nSPS) is 33.7. The number of aliphatic hydroxyl groups is 2. The maximum absolute atomic E-state index is 9.12. The van der Waals surface area contributed by atoms with Crippen molar-refractivity contribution in [2.45, 2.75) is 12.2 Å². The number of nitrogens with zero attached hydrogens (tertiary/aromatic N) is 1. The van der Waals surface area contributed by atoms with Gasteiger partial charge in [-0.1, -0.05) is 17.7 Å². The summed E-state index contributed by atoms with van der Waals surface area (Å²) in [6.45, 7) is 1.75. The first-order valence-corrected chi connectivity index (χ1v) is 4.01. The Kier molecular flexibility index (Phi) is 3.33. The first-order chi connectivity index (χ1) is 5.24. The molecule has 0 amide bonds. The van der Waals surface area contributed by atoms with Crippen LogP contribution in [0.4, 0.5) is 0 Å². The molecule has 1 aliphatic rings. The van der Waals surface area contributed by atoms with E-state index in [0.29, 0.717) is 19.6 Å². The minimum absolute atomic E-state index is 0.530. The van der Waals surface area contributed by atoms with E-state index in [-0.39, 0.29) is 0 Å². The van der Waals surface area contributed by atoms with Gasteiger partial charge in [-0.2, -0.15) is 0 Å². The smallest absolute Gasteiger partial charge is 0.0938 e. The van der Waals surface area contributed by atoms with Crippen LogP contribution < -0.4 is 0 Å². The Morgan fingerprint density at radius 1 is 1.36 bits per heavy atom. The zero-order valence-corrected chi connectivity index (χ0v) is 6.91. The number of halogens is 1. The molecule has 11 heavy (non-hydrogen) atoms. The molecule has 1 rings (SSSR count). The molecular formula is C7H12ClNO2. The van der Waals surface area contributed by atoms with E-state index < -0.39 is 12.2 Å². The van der Waals surface area contributed by atoms with E-state index in [9.17, 15) is 0 Å². The van der Waals surface area contributed by atoms with Crippen LogP contribution in [0.1, 0.15) is 0 Å². The van der Waals surface area contributed by atoms with Gasteiger partial charge >= 0.3 is 0 Å². The van der Waals surface area contributed by atoms with Crippen LogP contribution in [0.2, 0.25) is 0 Å². The minimum Gasteiger partial charge on any atom is -0.389 e. The number of hydrogen-bond donors (Lipinski definition) is 2. The van der Waals surface area contributed by atoms with Gasteiger partial charge in [-0.15, -0.1) is 0 Å². The molecule has 1 aliphatic heterocycles. The first-order valence-electron chi connectivity index (χ1n) is 3.57. The molecular weight excluding hydrogens is 166 g/mol. The van der Waals surface area contributed by atoms with Crippen molar-refractivity contribution >= 4 is 11.6 Å². The van der Waals surface area contributed by atoms with Crippen molar-refractivity contribution in [2.24, 2.45) is 0 Å². The van der Waals surface area contributed by atoms with Crippen LogP contribution in [0.5, 0.6) is 0 Å². The molecule has 2 atom stereocenters. The molecule has 0 spiro atoms. The van der Waals surface area contributed by atoms with Gasteiger partial charge in [-0.25, -0.2) is 0 Å². The lowest BCUT2D eigenvalue weighted by molar-refractivity contribution is 0.0572. The van der Waals surface area contributed by atoms with Gasteiger partial charge < -0.3 is 10.2 Å². The SMILES string of the molecule is OC1CN(C/C=C/Cl)CC1O. The highest BCUT2D eigenvalue weighted by Gasteiger charge is 2.28. The third-order valence-corrected chi connectivity index (χ3v) is 1.97. The molecule has 1 saturated heterocycles. The molecule has 0 aromatic heterocycles. The molecule has 0 bridgehead atoms. The second kappa shape index (κ2) is 4.07. The lowest BCUT2D eigenvalue weighted by Crippen LogP contribution is -2.22. The van der Waals surface area contributed by atoms with Crippen LogP contribution in [0.3, 0.4) is 0 Å². The zero-order valence-electron chi connectivity index (χ0n) is 6.15. The van der Waals surface area contributed by atoms with E-state index in [1.54, 1.807) is 6.08 Å². The molecule has 0 aromatic rings. The van der Waals surface area contributed by atoms with Crippen molar-refractivity contribution < 1.29 is 10.2 Å². The summed E-state index contributed by atoms with van der Waals surface area (Å²) in [5, 5.41) is 18.2. The monoisotopic (exact) mass is 177 g/mol. The highest BCUT2D eigenvalue weighted by atomic mass is 35.5. The van der Waals surface area contributed by atoms with Gasteiger partial charge in [0.25, 0.3) is 0 Å². The Bertz CT molecular complexity index is 141. The van der Waals surface area contributed by atoms with Crippen molar-refractivity contribution in [1.82, 2.24) is 4.90 Å². The second-order valence-corrected chi connectivity index (χ2v) is 2.97. The molecule has 1 heterocycles. The fourth-order valence-corrected chi connectivity index (χ4v) is 1.26. The van der Waals surface area contributed by atoms with E-state index >= 15 is 0 Å². The quantitative estimate of drug-likeness (QED) is 0.613. The van der Waals surface area contributed by atoms with Gasteiger partial charge in [-0.3, -0.25) is 4.90 Å². The largest absolute Gasteiger partial charge is 0.389 e. The summed E-state index contributed by atoms with van der Waals surface area (Å²) in [5.41, 5.74) is 1.44. The maximum atomic E-state index is 9.12. The van der Waals surface area contributed by atoms with E-state index in [0.717, 1.165) is 0 Å². The molecule has 4 heteroatoms. The van der Waals surface area contributed by atoms with Crippen molar-refractivity contribution in [3.05, 3.63) is 11.6 Å². The number of rotatable bonds is 2. The highest BCUT2D eigenvalue weighted by molar-refractivity contribution is 6.25. The predicted molar refractivity (Wildman–Crippen MR) is 43.4 cm³/mol. The van der Waals surface area contributed by atoms with Crippen LogP contribution in [0, 0.1) is 0 Å². The number of β-amino-alcohol motifs (C(OH)–C–C–N with tert-alkyl or cyclic N) is 2. The van der Waals surface area contributed by atoms with Gasteiger partial charge in [0.05, 0.1) is 12.2 Å². The molecule has 2 unspecified atom stereocenters. The Labute approximate surface area is 70.9 Å². The summed E-state index contributed by atoms with van der Waals surface area (Å²) in [4.78, 5) is 1.94. The number of hydrogen-bond acceptors (Lipinski definition) is 3. The van der Waals surface area contributed by atoms with Gasteiger partial charge in [0.2, 0.25) is 0 Å². The van der Waals surface area contributed by atoms with E-state index in [1.165, 1.54) is 5.54 Å². The Morgan fingerprint density at radius 2 is 1.91 bits per heavy atom. The second-order valence-electron chi connectivity index (χ2n) is 2.71. The molecule has 3 nitrogen and oxygen atoms in total. The number of aliphatic hydroxyl groups excluding tert-OH is 2. The van der Waals surface area contributed by atoms with E-state index in [1.807, 2.05) is 4.90 Å². The third-order valence-electron chi connectivity index (χ3n) is 1.79. The standard InChI is InChI=1S/C7H12ClNO2/c8-2-1-3-9-4-6(10)7(11)5-9/h1-2,6-7,10-11H,3-5H2/b2-1+. The molecule has 0 aromatic carbocycles. The highest BCUT2D eigenvalue weighted by Crippen LogP contribution is 2.08. The maximum Gasteiger partial charge on any atom is 0.0938 e. The van der Waals surface area contributed by atoms with Gasteiger partial charge in [0, 0.05) is 25.2 Å². The zero-order chi connectivity index (χ0) is 8.27. The minimum atomic E-state index is -0.598. The van der Waals surface area contributed by atoms with Crippen LogP contribution in [-0.4, -0.2) is 47.0 Å². The van der Waals surface area contributed by atoms with Crippen molar-refractivity contribution in [1.29, 1.82) is 0 Å². The summed E-state index contributed by atoms with van der Waals surface area (Å²) in [7, 11) is 0. The van der Waals surface area contributed by atoms with Crippen LogP contribution in [-0.2, 0) is 0 Å². The topological polar surface area (TPSA) is 43.7 Å². The Morgan fingerprint density at radius 3 is 2.36 bits per heavy atom. The van der Waals surface area contributed by atoms with Crippen molar-refractivity contribution in [2.75, 3.05) is 19.6 Å². The summed E-state index contributed by atoms with van der Waals surface area (Å²) >= 11 is 5.32. The first kappa shape index (κ1) is 9.00. The Hall–Kier alpha value is -0.0900. The fraction of sp³-hybridized carbons (Fsp3) is 0.714. The van der Waals surface area contributed by atoms with Gasteiger partial charge in [-0.05, 0) is 0 Å². The Balaban J connectivity index is 2.29. The molecule has 0 saturated carbocycles. The summed E-state index contributed by atoms with van der Waals surface area (Å²) in [6.07, 6.45) is 0.587. The lowest BCUT2D eigenvalue weighted by atomic mass is 10.3. The van der Waals surface area contributed by atoms with Crippen LogP contribution in [0.15, 0.2) is 11.6 Å². The summed E-state index contributed by atoms with van der Waals surface area (Å²) in [6, 6.07) is 0. The van der Waals surface area contributed by atoms with Crippen LogP contribution >= 0.6 is 11.6 Å². The summed E-state index contributed by atoms with van der Waals surface area (Å²) < 4.78 is 0. The third kappa shape index (κ3) is 2.45. The number of likely N-dealkylation sites (tertiary alicyclic amines) is 1. The van der Waals surface area contributed by atoms with Gasteiger partial charge in [0.1, 0.15) is 0 Å². The van der Waals surface area contributed by atoms with Crippen molar-refractivity contribution in [3.8, 4) is 0 Å².